The van der Waals surface area contributed by atoms with Gasteiger partial charge in [0.05, 0.1) is 11.5 Å². The van der Waals surface area contributed by atoms with E-state index in [1.54, 1.807) is 6.26 Å². The largest absolute Gasteiger partial charge is 0.461 e. The molecule has 0 spiro atoms. The van der Waals surface area contributed by atoms with Gasteiger partial charge in [0.15, 0.2) is 16.7 Å². The first-order valence-electron chi connectivity index (χ1n) is 8.29. The molecule has 3 heterocycles. The molecule has 0 aliphatic heterocycles. The van der Waals surface area contributed by atoms with Crippen molar-refractivity contribution in [2.75, 3.05) is 0 Å². The van der Waals surface area contributed by atoms with Gasteiger partial charge in [0.1, 0.15) is 0 Å². The highest BCUT2D eigenvalue weighted by Gasteiger charge is 2.21. The first-order valence-corrected chi connectivity index (χ1v) is 9.17. The van der Waals surface area contributed by atoms with Crippen molar-refractivity contribution in [2.45, 2.75) is 30.8 Å². The van der Waals surface area contributed by atoms with Gasteiger partial charge in [0.2, 0.25) is 11.7 Å². The number of hydrogen-bond acceptors (Lipinski definition) is 7. The molecule has 0 saturated heterocycles. The van der Waals surface area contributed by atoms with Crippen LogP contribution in [0.15, 0.2) is 62.8 Å². The molecule has 0 bridgehead atoms. The summed E-state index contributed by atoms with van der Waals surface area (Å²) < 4.78 is 12.9. The Morgan fingerprint density at radius 2 is 1.96 bits per heavy atom. The van der Waals surface area contributed by atoms with E-state index in [1.165, 1.54) is 11.8 Å². The normalized spacial score (nSPS) is 12.4. The molecule has 7 nitrogen and oxygen atoms in total. The van der Waals surface area contributed by atoms with E-state index >= 15 is 0 Å². The minimum Gasteiger partial charge on any atom is -0.461 e. The summed E-state index contributed by atoms with van der Waals surface area (Å²) in [6.45, 7) is 4.79. The zero-order valence-electron chi connectivity index (χ0n) is 14.4. The maximum Gasteiger partial charge on any atom is 0.240 e. The molecule has 8 heteroatoms. The van der Waals surface area contributed by atoms with Gasteiger partial charge < -0.3 is 8.94 Å². The molecule has 0 N–H and O–H groups in total. The Balaban J connectivity index is 1.56. The third kappa shape index (κ3) is 3.15. The van der Waals surface area contributed by atoms with Crippen molar-refractivity contribution in [1.82, 2.24) is 24.9 Å². The molecule has 0 fully saturated rings. The molecular weight excluding hydrogens is 350 g/mol. The van der Waals surface area contributed by atoms with Gasteiger partial charge in [-0.2, -0.15) is 4.98 Å². The van der Waals surface area contributed by atoms with Crippen LogP contribution in [0, 0.1) is 0 Å². The van der Waals surface area contributed by atoms with Crippen LogP contribution < -0.4 is 0 Å². The fourth-order valence-electron chi connectivity index (χ4n) is 2.56. The Kier molecular flexibility index (Phi) is 4.57. The third-order valence-electron chi connectivity index (χ3n) is 3.88. The lowest BCUT2D eigenvalue weighted by atomic mass is 10.2. The Morgan fingerprint density at radius 1 is 1.12 bits per heavy atom. The Morgan fingerprint density at radius 3 is 2.69 bits per heavy atom. The van der Waals surface area contributed by atoms with E-state index in [0.717, 1.165) is 17.3 Å². The molecule has 4 aromatic rings. The number of furan rings is 1. The zero-order chi connectivity index (χ0) is 17.9. The van der Waals surface area contributed by atoms with Gasteiger partial charge in [-0.3, -0.25) is 4.57 Å². The Hall–Kier alpha value is -2.87. The highest BCUT2D eigenvalue weighted by atomic mass is 32.2. The summed E-state index contributed by atoms with van der Waals surface area (Å²) in [7, 11) is 0. The van der Waals surface area contributed by atoms with Crippen LogP contribution >= 0.6 is 11.8 Å². The van der Waals surface area contributed by atoms with Crippen molar-refractivity contribution in [1.29, 1.82) is 0 Å². The van der Waals surface area contributed by atoms with Crippen LogP contribution in [0.25, 0.3) is 23.0 Å². The van der Waals surface area contributed by atoms with Gasteiger partial charge in [-0.05, 0) is 26.0 Å². The summed E-state index contributed by atoms with van der Waals surface area (Å²) >= 11 is 1.53. The quantitative estimate of drug-likeness (QED) is 0.465. The molecule has 0 amide bonds. The van der Waals surface area contributed by atoms with Crippen molar-refractivity contribution >= 4 is 11.8 Å². The first-order chi connectivity index (χ1) is 12.8. The minimum atomic E-state index is -0.0566. The third-order valence-corrected chi connectivity index (χ3v) is 4.95. The lowest BCUT2D eigenvalue weighted by Gasteiger charge is -2.08. The smallest absolute Gasteiger partial charge is 0.240 e. The SMILES string of the molecule is CCn1c(SC(C)c2nc(-c3ccccc3)no2)nnc1-c1ccco1. The summed E-state index contributed by atoms with van der Waals surface area (Å²) in [4.78, 5) is 4.51. The maximum absolute atomic E-state index is 5.45. The number of hydrogen-bond donors (Lipinski definition) is 0. The predicted molar refractivity (Wildman–Crippen MR) is 97.4 cm³/mol. The second-order valence-electron chi connectivity index (χ2n) is 5.61. The number of thioether (sulfide) groups is 1. The lowest BCUT2D eigenvalue weighted by molar-refractivity contribution is 0.380. The Labute approximate surface area is 154 Å². The van der Waals surface area contributed by atoms with Gasteiger partial charge in [-0.15, -0.1) is 10.2 Å². The van der Waals surface area contributed by atoms with Crippen LogP contribution in [0.1, 0.15) is 25.0 Å². The molecule has 0 saturated carbocycles. The molecule has 0 radical (unpaired) electrons. The second kappa shape index (κ2) is 7.17. The van der Waals surface area contributed by atoms with Crippen LogP contribution in [0.4, 0.5) is 0 Å². The van der Waals surface area contributed by atoms with Crippen molar-refractivity contribution in [3.05, 3.63) is 54.6 Å². The molecule has 4 rings (SSSR count). The topological polar surface area (TPSA) is 82.8 Å². The minimum absolute atomic E-state index is 0.0566. The molecule has 26 heavy (non-hydrogen) atoms. The van der Waals surface area contributed by atoms with Gasteiger partial charge in [-0.1, -0.05) is 47.3 Å². The molecule has 0 aliphatic carbocycles. The van der Waals surface area contributed by atoms with Crippen molar-refractivity contribution in [3.8, 4) is 23.0 Å². The monoisotopic (exact) mass is 367 g/mol. The van der Waals surface area contributed by atoms with Gasteiger partial charge in [0, 0.05) is 12.1 Å². The van der Waals surface area contributed by atoms with E-state index in [4.69, 9.17) is 8.94 Å². The van der Waals surface area contributed by atoms with Gasteiger partial charge in [0.25, 0.3) is 0 Å². The number of aromatic nitrogens is 5. The van der Waals surface area contributed by atoms with E-state index in [1.807, 2.05) is 60.9 Å². The number of benzene rings is 1. The van der Waals surface area contributed by atoms with E-state index in [2.05, 4.69) is 20.3 Å². The van der Waals surface area contributed by atoms with Gasteiger partial charge >= 0.3 is 0 Å². The summed E-state index contributed by atoms with van der Waals surface area (Å²) in [5.41, 5.74) is 0.927. The van der Waals surface area contributed by atoms with Crippen LogP contribution in [0.3, 0.4) is 0 Å². The van der Waals surface area contributed by atoms with Crippen LogP contribution in [-0.4, -0.2) is 24.9 Å². The van der Waals surface area contributed by atoms with Crippen LogP contribution in [-0.2, 0) is 6.54 Å². The number of nitrogens with zero attached hydrogens (tertiary/aromatic N) is 5. The summed E-state index contributed by atoms with van der Waals surface area (Å²) in [6, 6.07) is 13.5. The van der Waals surface area contributed by atoms with E-state index in [9.17, 15) is 0 Å². The van der Waals surface area contributed by atoms with Crippen molar-refractivity contribution in [3.63, 3.8) is 0 Å². The molecule has 0 aliphatic rings. The summed E-state index contributed by atoms with van der Waals surface area (Å²) in [5.74, 6) is 2.55. The fourth-order valence-corrected chi connectivity index (χ4v) is 3.51. The lowest BCUT2D eigenvalue weighted by Crippen LogP contribution is -2.00. The van der Waals surface area contributed by atoms with Crippen LogP contribution in [0.2, 0.25) is 0 Å². The van der Waals surface area contributed by atoms with E-state index in [0.29, 0.717) is 23.3 Å². The first kappa shape index (κ1) is 16.6. The average Bonchev–Trinajstić information content (AvgIpc) is 3.42. The van der Waals surface area contributed by atoms with Crippen molar-refractivity contribution in [2.24, 2.45) is 0 Å². The van der Waals surface area contributed by atoms with Crippen molar-refractivity contribution < 1.29 is 8.94 Å². The molecule has 1 unspecified atom stereocenters. The molecular formula is C18H17N5O2S. The molecule has 1 aromatic carbocycles. The van der Waals surface area contributed by atoms with Gasteiger partial charge in [-0.25, -0.2) is 0 Å². The zero-order valence-corrected chi connectivity index (χ0v) is 15.2. The predicted octanol–water partition coefficient (Wildman–Crippen LogP) is 4.46. The van der Waals surface area contributed by atoms with E-state index < -0.39 is 0 Å². The molecule has 1 atom stereocenters. The summed E-state index contributed by atoms with van der Waals surface area (Å²) in [5, 5.41) is 13.4. The Bertz CT molecular complexity index is 978. The standard InChI is InChI=1S/C18H17N5O2S/c1-3-23-16(14-10-7-11-24-14)20-21-18(23)26-12(2)17-19-15(22-25-17)13-8-5-4-6-9-13/h4-12H,3H2,1-2H3. The molecule has 3 aromatic heterocycles. The van der Waals surface area contributed by atoms with Crippen LogP contribution in [0.5, 0.6) is 0 Å². The molecule has 132 valence electrons. The highest BCUT2D eigenvalue weighted by molar-refractivity contribution is 7.99. The summed E-state index contributed by atoms with van der Waals surface area (Å²) in [6.07, 6.45) is 1.63. The average molecular weight is 367 g/mol. The number of rotatable bonds is 6. The second-order valence-corrected chi connectivity index (χ2v) is 6.92. The fraction of sp³-hybridized carbons (Fsp3) is 0.222. The van der Waals surface area contributed by atoms with E-state index in [-0.39, 0.29) is 5.25 Å². The maximum atomic E-state index is 5.45. The highest BCUT2D eigenvalue weighted by Crippen LogP contribution is 2.35.